The monoisotopic (exact) mass is 477 g/mol. The Morgan fingerprint density at radius 2 is 1.76 bits per heavy atom. The molecular formula is C23H35N5O6. The van der Waals surface area contributed by atoms with Crippen LogP contribution in [0, 0.1) is 5.92 Å². The number of carboxylic acid groups (broad SMARTS) is 1. The number of hydrogen-bond donors (Lipinski definition) is 6. The minimum absolute atomic E-state index is 0.0751. The average Bonchev–Trinajstić information content (AvgIpc) is 3.27. The molecule has 11 nitrogen and oxygen atoms in total. The van der Waals surface area contributed by atoms with E-state index in [1.54, 1.807) is 12.1 Å². The highest BCUT2D eigenvalue weighted by molar-refractivity contribution is 5.94. The lowest BCUT2D eigenvalue weighted by Crippen LogP contribution is -2.57. The number of hydrogen-bond acceptors (Lipinski definition) is 7. The third kappa shape index (κ3) is 7.42. The number of carboxylic acids is 1. The van der Waals surface area contributed by atoms with Crippen molar-refractivity contribution < 1.29 is 29.4 Å². The predicted molar refractivity (Wildman–Crippen MR) is 125 cm³/mol. The molecule has 0 bridgehead atoms. The molecular weight excluding hydrogens is 442 g/mol. The van der Waals surface area contributed by atoms with Gasteiger partial charge in [0, 0.05) is 13.1 Å². The van der Waals surface area contributed by atoms with Gasteiger partial charge in [0.05, 0.1) is 6.04 Å². The molecule has 1 aliphatic heterocycles. The molecule has 0 unspecified atom stereocenters. The van der Waals surface area contributed by atoms with E-state index < -0.39 is 47.9 Å². The maximum Gasteiger partial charge on any atom is 0.327 e. The summed E-state index contributed by atoms with van der Waals surface area (Å²) in [7, 11) is 0. The van der Waals surface area contributed by atoms with Crippen molar-refractivity contribution in [1.82, 2.24) is 15.5 Å². The molecule has 4 atom stereocenters. The molecule has 0 aromatic heterocycles. The van der Waals surface area contributed by atoms with Crippen LogP contribution in [0.4, 0.5) is 0 Å². The maximum absolute atomic E-state index is 13.4. The number of nitrogens with one attached hydrogen (secondary N) is 2. The summed E-state index contributed by atoms with van der Waals surface area (Å²) in [6, 6.07) is 2.47. The molecule has 0 saturated carbocycles. The van der Waals surface area contributed by atoms with Gasteiger partial charge in [-0.05, 0) is 49.3 Å². The van der Waals surface area contributed by atoms with E-state index in [4.69, 9.17) is 16.6 Å². The second-order valence-corrected chi connectivity index (χ2v) is 8.99. The molecule has 0 spiro atoms. The summed E-state index contributed by atoms with van der Waals surface area (Å²) in [5, 5.41) is 23.7. The Bertz CT molecular complexity index is 875. The maximum atomic E-state index is 13.4. The van der Waals surface area contributed by atoms with Gasteiger partial charge in [0.25, 0.3) is 0 Å². The van der Waals surface area contributed by atoms with E-state index in [-0.39, 0.29) is 24.6 Å². The first kappa shape index (κ1) is 27.1. The van der Waals surface area contributed by atoms with Crippen molar-refractivity contribution in [2.75, 3.05) is 13.1 Å². The molecule has 11 heteroatoms. The molecule has 188 valence electrons. The highest BCUT2D eigenvalue weighted by atomic mass is 16.4. The zero-order chi connectivity index (χ0) is 25.4. The van der Waals surface area contributed by atoms with Crippen LogP contribution >= 0.6 is 0 Å². The normalized spacial score (nSPS) is 18.3. The average molecular weight is 478 g/mol. The first-order valence-corrected chi connectivity index (χ1v) is 11.4. The van der Waals surface area contributed by atoms with Gasteiger partial charge in [0.2, 0.25) is 17.7 Å². The topological polar surface area (TPSA) is 188 Å². The van der Waals surface area contributed by atoms with Crippen LogP contribution in [-0.2, 0) is 25.6 Å². The van der Waals surface area contributed by atoms with Gasteiger partial charge < -0.3 is 37.2 Å². The summed E-state index contributed by atoms with van der Waals surface area (Å²) < 4.78 is 0. The Hall–Kier alpha value is -3.18. The molecule has 3 amide bonds. The highest BCUT2D eigenvalue weighted by Crippen LogP contribution is 2.21. The Balaban J connectivity index is 2.09. The molecule has 0 radical (unpaired) electrons. The second-order valence-electron chi connectivity index (χ2n) is 8.99. The van der Waals surface area contributed by atoms with E-state index in [0.29, 0.717) is 25.8 Å². The molecule has 1 heterocycles. The number of benzene rings is 1. The van der Waals surface area contributed by atoms with Gasteiger partial charge in [0.15, 0.2) is 0 Å². The fraction of sp³-hybridized carbons (Fsp3) is 0.565. The molecule has 0 aliphatic carbocycles. The van der Waals surface area contributed by atoms with E-state index in [9.17, 15) is 24.3 Å². The van der Waals surface area contributed by atoms with Crippen molar-refractivity contribution in [3.05, 3.63) is 29.8 Å². The van der Waals surface area contributed by atoms with Crippen LogP contribution in [0.5, 0.6) is 5.75 Å². The predicted octanol–water partition coefficient (Wildman–Crippen LogP) is -0.688. The summed E-state index contributed by atoms with van der Waals surface area (Å²) >= 11 is 0. The quantitative estimate of drug-likeness (QED) is 0.241. The van der Waals surface area contributed by atoms with Crippen molar-refractivity contribution in [2.45, 2.75) is 63.7 Å². The Labute approximate surface area is 198 Å². The minimum atomic E-state index is -1.25. The van der Waals surface area contributed by atoms with Crippen molar-refractivity contribution in [1.29, 1.82) is 0 Å². The summed E-state index contributed by atoms with van der Waals surface area (Å²) in [6.07, 6.45) is 1.53. The summed E-state index contributed by atoms with van der Waals surface area (Å²) in [5.74, 6) is -2.56. The molecule has 1 aromatic carbocycles. The molecule has 1 saturated heterocycles. The summed E-state index contributed by atoms with van der Waals surface area (Å²) in [4.78, 5) is 51.4. The third-order valence-corrected chi connectivity index (χ3v) is 5.74. The highest BCUT2D eigenvalue weighted by Gasteiger charge is 2.39. The van der Waals surface area contributed by atoms with E-state index >= 15 is 0 Å². The number of nitrogens with two attached hydrogens (primary N) is 2. The lowest BCUT2D eigenvalue weighted by Gasteiger charge is -2.30. The fourth-order valence-electron chi connectivity index (χ4n) is 3.94. The van der Waals surface area contributed by atoms with Crippen LogP contribution in [0.1, 0.15) is 38.7 Å². The zero-order valence-corrected chi connectivity index (χ0v) is 19.6. The standard InChI is InChI=1S/C23H35N5O6/c1-13(2)10-17(26-20(30)16(25)11-14-5-7-15(29)8-6-14)22(32)28-9-3-4-19(28)21(31)27-18(12-24)23(33)34/h5-8,13,16-19,29H,3-4,9-12,24-25H2,1-2H3,(H,26,30)(H,27,31)(H,33,34)/t16-,17-,18-,19-/m0/s1. The molecule has 1 aromatic rings. The molecule has 1 aliphatic rings. The van der Waals surface area contributed by atoms with Crippen molar-refractivity contribution >= 4 is 23.7 Å². The van der Waals surface area contributed by atoms with E-state index in [1.165, 1.54) is 17.0 Å². The number of likely N-dealkylation sites (tertiary alicyclic amines) is 1. The number of aliphatic carboxylic acids is 1. The van der Waals surface area contributed by atoms with Gasteiger partial charge >= 0.3 is 5.97 Å². The molecule has 1 fully saturated rings. The zero-order valence-electron chi connectivity index (χ0n) is 19.6. The number of carbonyl (C=O) groups is 4. The SMILES string of the molecule is CC(C)C[C@H](NC(=O)[C@@H](N)Cc1ccc(O)cc1)C(=O)N1CCC[C@H]1C(=O)N[C@@H](CN)C(=O)O. The van der Waals surface area contributed by atoms with Gasteiger partial charge in [-0.2, -0.15) is 0 Å². The first-order chi connectivity index (χ1) is 16.0. The largest absolute Gasteiger partial charge is 0.508 e. The smallest absolute Gasteiger partial charge is 0.327 e. The van der Waals surface area contributed by atoms with Crippen LogP contribution in [0.25, 0.3) is 0 Å². The van der Waals surface area contributed by atoms with Crippen LogP contribution in [0.3, 0.4) is 0 Å². The van der Waals surface area contributed by atoms with Gasteiger partial charge in [-0.25, -0.2) is 4.79 Å². The number of rotatable bonds is 11. The molecule has 2 rings (SSSR count). The van der Waals surface area contributed by atoms with Crippen LogP contribution in [-0.4, -0.2) is 76.1 Å². The van der Waals surface area contributed by atoms with Crippen LogP contribution in [0.15, 0.2) is 24.3 Å². The summed E-state index contributed by atoms with van der Waals surface area (Å²) in [5.41, 5.74) is 12.2. The van der Waals surface area contributed by atoms with Gasteiger partial charge in [-0.1, -0.05) is 26.0 Å². The number of aromatic hydroxyl groups is 1. The number of nitrogens with zero attached hydrogens (tertiary/aromatic N) is 1. The second kappa shape index (κ2) is 12.3. The third-order valence-electron chi connectivity index (χ3n) is 5.74. The van der Waals surface area contributed by atoms with Crippen molar-refractivity contribution in [2.24, 2.45) is 17.4 Å². The van der Waals surface area contributed by atoms with Crippen LogP contribution in [0.2, 0.25) is 0 Å². The van der Waals surface area contributed by atoms with E-state index in [0.717, 1.165) is 5.56 Å². The van der Waals surface area contributed by atoms with Gasteiger partial charge in [-0.15, -0.1) is 0 Å². The van der Waals surface area contributed by atoms with E-state index in [2.05, 4.69) is 10.6 Å². The van der Waals surface area contributed by atoms with Gasteiger partial charge in [0.1, 0.15) is 23.9 Å². The Kier molecular flexibility index (Phi) is 9.82. The minimum Gasteiger partial charge on any atom is -0.508 e. The number of phenolic OH excluding ortho intramolecular Hbond substituents is 1. The van der Waals surface area contributed by atoms with E-state index in [1.807, 2.05) is 13.8 Å². The van der Waals surface area contributed by atoms with Gasteiger partial charge in [-0.3, -0.25) is 14.4 Å². The number of amides is 3. The van der Waals surface area contributed by atoms with Crippen molar-refractivity contribution in [3.63, 3.8) is 0 Å². The number of phenols is 1. The lowest BCUT2D eigenvalue weighted by molar-refractivity contribution is -0.144. The lowest BCUT2D eigenvalue weighted by atomic mass is 10.0. The van der Waals surface area contributed by atoms with Crippen molar-refractivity contribution in [3.8, 4) is 5.75 Å². The summed E-state index contributed by atoms with van der Waals surface area (Å²) in [6.45, 7) is 3.87. The Morgan fingerprint density at radius 3 is 2.32 bits per heavy atom. The molecule has 34 heavy (non-hydrogen) atoms. The fourth-order valence-corrected chi connectivity index (χ4v) is 3.94. The molecule has 8 N–H and O–H groups in total. The Morgan fingerprint density at radius 1 is 1.12 bits per heavy atom. The van der Waals surface area contributed by atoms with Crippen LogP contribution < -0.4 is 22.1 Å². The number of carbonyl (C=O) groups excluding carboxylic acids is 3. The first-order valence-electron chi connectivity index (χ1n) is 11.4.